The van der Waals surface area contributed by atoms with Crippen LogP contribution in [0.25, 0.3) is 0 Å². The number of methoxy groups -OCH3 is 1. The molecule has 0 saturated carbocycles. The fraction of sp³-hybridized carbons (Fsp3) is 0.700. The first kappa shape index (κ1) is 33.7. The average molecular weight is 537 g/mol. The van der Waals surface area contributed by atoms with E-state index in [2.05, 4.69) is 53.4 Å². The van der Waals surface area contributed by atoms with Crippen LogP contribution in [0.4, 0.5) is 5.69 Å². The van der Waals surface area contributed by atoms with Crippen LogP contribution in [-0.2, 0) is 16.1 Å². The van der Waals surface area contributed by atoms with Crippen LogP contribution in [0.3, 0.4) is 0 Å². The van der Waals surface area contributed by atoms with E-state index in [0.717, 1.165) is 0 Å². The van der Waals surface area contributed by atoms with E-state index in [1.807, 2.05) is 20.9 Å². The molecule has 38 heavy (non-hydrogen) atoms. The van der Waals surface area contributed by atoms with Gasteiger partial charge in [0.1, 0.15) is 18.1 Å². The van der Waals surface area contributed by atoms with Crippen LogP contribution in [0.2, 0.25) is 0 Å². The number of ether oxygens (including phenoxy) is 3. The van der Waals surface area contributed by atoms with Gasteiger partial charge in [-0.25, -0.2) is 0 Å². The zero-order chi connectivity index (χ0) is 29.5. The molecule has 218 valence electrons. The molecule has 0 aliphatic heterocycles. The van der Waals surface area contributed by atoms with Crippen LogP contribution in [0.5, 0.6) is 11.5 Å². The number of anilines is 1. The molecule has 3 atom stereocenters. The number of aliphatic hydroxyl groups excluding tert-OH is 2. The zero-order valence-electron chi connectivity index (χ0n) is 25.3. The SMILES string of the molecule is C=C(O)C(C)(NC)C(C)(C)C(C)C(C)(C(=O)CCCOCCOc1cc(N)c(CO)cc1OC)C(C)(C)C. The second-order valence-electron chi connectivity index (χ2n) is 12.1. The van der Waals surface area contributed by atoms with Crippen molar-refractivity contribution in [1.29, 1.82) is 0 Å². The Labute approximate surface area is 229 Å². The highest BCUT2D eigenvalue weighted by Gasteiger charge is 2.57. The fourth-order valence-electron chi connectivity index (χ4n) is 5.24. The minimum absolute atomic E-state index is 0.0563. The van der Waals surface area contributed by atoms with Gasteiger partial charge in [0.25, 0.3) is 0 Å². The largest absolute Gasteiger partial charge is 0.511 e. The number of hydrogen-bond donors (Lipinski definition) is 4. The molecule has 0 saturated heterocycles. The van der Waals surface area contributed by atoms with Crippen LogP contribution in [-0.4, -0.2) is 55.5 Å². The van der Waals surface area contributed by atoms with E-state index in [1.54, 1.807) is 12.1 Å². The molecule has 0 bridgehead atoms. The summed E-state index contributed by atoms with van der Waals surface area (Å²) in [5, 5.41) is 23.1. The van der Waals surface area contributed by atoms with Crippen LogP contribution < -0.4 is 20.5 Å². The average Bonchev–Trinajstić information content (AvgIpc) is 2.85. The Morgan fingerprint density at radius 1 is 1.08 bits per heavy atom. The van der Waals surface area contributed by atoms with Crippen molar-refractivity contribution in [1.82, 2.24) is 5.32 Å². The van der Waals surface area contributed by atoms with Crippen molar-refractivity contribution >= 4 is 11.5 Å². The first-order chi connectivity index (χ1) is 17.4. The summed E-state index contributed by atoms with van der Waals surface area (Å²) in [4.78, 5) is 13.8. The van der Waals surface area contributed by atoms with Gasteiger partial charge in [-0.15, -0.1) is 0 Å². The second kappa shape index (κ2) is 13.2. The third-order valence-electron chi connectivity index (χ3n) is 9.23. The first-order valence-corrected chi connectivity index (χ1v) is 13.3. The van der Waals surface area contributed by atoms with Crippen LogP contribution >= 0.6 is 0 Å². The molecule has 1 aromatic carbocycles. The molecule has 8 nitrogen and oxygen atoms in total. The second-order valence-corrected chi connectivity index (χ2v) is 12.1. The number of carbonyl (C=O) groups is 1. The molecule has 5 N–H and O–H groups in total. The maximum Gasteiger partial charge on any atom is 0.163 e. The lowest BCUT2D eigenvalue weighted by Gasteiger charge is -2.56. The number of Topliss-reactive ketones (excluding diaryl/α,β-unsaturated/α-hetero) is 1. The van der Waals surface area contributed by atoms with Gasteiger partial charge in [0.05, 0.1) is 25.9 Å². The summed E-state index contributed by atoms with van der Waals surface area (Å²) >= 11 is 0. The maximum atomic E-state index is 13.8. The minimum atomic E-state index is -0.770. The highest BCUT2D eigenvalue weighted by molar-refractivity contribution is 5.85. The molecule has 1 aromatic rings. The number of likely N-dealkylation sites (N-methyl/N-ethyl adjacent to an activating group) is 1. The lowest BCUT2D eigenvalue weighted by atomic mass is 9.49. The molecule has 3 unspecified atom stereocenters. The Kier molecular flexibility index (Phi) is 11.7. The van der Waals surface area contributed by atoms with Crippen LogP contribution in [0, 0.1) is 22.2 Å². The zero-order valence-corrected chi connectivity index (χ0v) is 25.3. The Bertz CT molecular complexity index is 955. The lowest BCUT2D eigenvalue weighted by Crippen LogP contribution is -2.61. The number of benzene rings is 1. The van der Waals surface area contributed by atoms with Gasteiger partial charge in [-0.05, 0) is 43.2 Å². The number of nitrogens with one attached hydrogen (secondary N) is 1. The van der Waals surface area contributed by atoms with E-state index in [0.29, 0.717) is 55.4 Å². The lowest BCUT2D eigenvalue weighted by molar-refractivity contribution is -0.146. The topological polar surface area (TPSA) is 123 Å². The van der Waals surface area contributed by atoms with Crippen LogP contribution in [0.15, 0.2) is 24.5 Å². The predicted molar refractivity (Wildman–Crippen MR) is 154 cm³/mol. The monoisotopic (exact) mass is 536 g/mol. The Morgan fingerprint density at radius 2 is 1.68 bits per heavy atom. The van der Waals surface area contributed by atoms with Gasteiger partial charge >= 0.3 is 0 Å². The Balaban J connectivity index is 2.79. The summed E-state index contributed by atoms with van der Waals surface area (Å²) in [5.74, 6) is 1.12. The van der Waals surface area contributed by atoms with E-state index in [-0.39, 0.29) is 29.5 Å². The standard InChI is InChI=1S/C30H52N2O6/c1-20(28(6,7)30(9,32-10)21(2)34)29(8,27(3,4)5)26(35)13-12-14-37-15-16-38-25-18-23(31)22(19-33)17-24(25)36-11/h17-18,20,32-34H,2,12-16,19,31H2,1,3-11H3. The highest BCUT2D eigenvalue weighted by atomic mass is 16.5. The number of nitrogen functional groups attached to an aromatic ring is 1. The molecule has 0 aliphatic rings. The van der Waals surface area contributed by atoms with Gasteiger partial charge in [-0.1, -0.05) is 55.0 Å². The predicted octanol–water partition coefficient (Wildman–Crippen LogP) is 5.28. The number of ketones is 1. The van der Waals surface area contributed by atoms with Gasteiger partial charge in [-0.2, -0.15) is 0 Å². The molecular formula is C30H52N2O6. The Hall–Kier alpha value is -2.29. The summed E-state index contributed by atoms with van der Waals surface area (Å²) in [6, 6.07) is 3.28. The van der Waals surface area contributed by atoms with Crippen molar-refractivity contribution in [3.8, 4) is 11.5 Å². The van der Waals surface area contributed by atoms with Crippen molar-refractivity contribution < 1.29 is 29.2 Å². The van der Waals surface area contributed by atoms with Crippen molar-refractivity contribution in [2.45, 2.75) is 80.4 Å². The summed E-state index contributed by atoms with van der Waals surface area (Å²) in [6.07, 6.45) is 0.980. The molecule has 8 heteroatoms. The number of hydrogen-bond acceptors (Lipinski definition) is 8. The van der Waals surface area contributed by atoms with E-state index in [4.69, 9.17) is 19.9 Å². The Morgan fingerprint density at radius 3 is 2.16 bits per heavy atom. The molecule has 0 spiro atoms. The number of rotatable bonds is 16. The van der Waals surface area contributed by atoms with Crippen molar-refractivity contribution in [2.75, 3.05) is 39.7 Å². The fourth-order valence-corrected chi connectivity index (χ4v) is 5.24. The molecule has 0 amide bonds. The summed E-state index contributed by atoms with van der Waals surface area (Å²) in [5.41, 5.74) is 4.71. The van der Waals surface area contributed by atoms with E-state index >= 15 is 0 Å². The maximum absolute atomic E-state index is 13.8. The van der Waals surface area contributed by atoms with Crippen LogP contribution in [0.1, 0.15) is 73.8 Å². The van der Waals surface area contributed by atoms with Gasteiger partial charge in [0.2, 0.25) is 0 Å². The van der Waals surface area contributed by atoms with E-state index < -0.39 is 16.4 Å². The molecule has 0 fully saturated rings. The van der Waals surface area contributed by atoms with Crippen molar-refractivity contribution in [2.24, 2.45) is 22.2 Å². The van der Waals surface area contributed by atoms with Crippen molar-refractivity contribution in [3.63, 3.8) is 0 Å². The third-order valence-corrected chi connectivity index (χ3v) is 9.23. The molecule has 0 heterocycles. The van der Waals surface area contributed by atoms with Gasteiger partial charge in [0, 0.05) is 35.8 Å². The smallest absolute Gasteiger partial charge is 0.163 e. The molecule has 1 rings (SSSR count). The number of carbonyl (C=O) groups excluding carboxylic acids is 1. The number of aliphatic hydroxyl groups is 2. The first-order valence-electron chi connectivity index (χ1n) is 13.3. The molecule has 0 aliphatic carbocycles. The highest BCUT2D eigenvalue weighted by Crippen LogP contribution is 2.56. The van der Waals surface area contributed by atoms with Gasteiger partial charge < -0.3 is 35.5 Å². The summed E-state index contributed by atoms with van der Waals surface area (Å²) < 4.78 is 16.8. The normalized spacial score (nSPS) is 16.3. The van der Waals surface area contributed by atoms with E-state index in [9.17, 15) is 15.0 Å². The van der Waals surface area contributed by atoms with Gasteiger partial charge in [-0.3, -0.25) is 4.79 Å². The quantitative estimate of drug-likeness (QED) is 0.128. The van der Waals surface area contributed by atoms with E-state index in [1.165, 1.54) is 7.11 Å². The van der Waals surface area contributed by atoms with Gasteiger partial charge in [0.15, 0.2) is 11.5 Å². The number of nitrogens with two attached hydrogens (primary N) is 1. The van der Waals surface area contributed by atoms with Crippen molar-refractivity contribution in [3.05, 3.63) is 30.0 Å². The third kappa shape index (κ3) is 6.82. The molecular weight excluding hydrogens is 484 g/mol. The summed E-state index contributed by atoms with van der Waals surface area (Å²) in [6.45, 7) is 21.2. The molecule has 0 radical (unpaired) electrons. The minimum Gasteiger partial charge on any atom is -0.511 e. The summed E-state index contributed by atoms with van der Waals surface area (Å²) in [7, 11) is 3.34. The molecule has 0 aromatic heterocycles.